The summed E-state index contributed by atoms with van der Waals surface area (Å²) in [5.74, 6) is 0.507. The average Bonchev–Trinajstić information content (AvgIpc) is 2.93. The Morgan fingerprint density at radius 1 is 1.28 bits per heavy atom. The van der Waals surface area contributed by atoms with Gasteiger partial charge in [0.15, 0.2) is 0 Å². The molecule has 0 aliphatic rings. The highest BCUT2D eigenvalue weighted by atomic mass is 35.5. The van der Waals surface area contributed by atoms with Crippen LogP contribution in [0.3, 0.4) is 0 Å². The van der Waals surface area contributed by atoms with Gasteiger partial charge in [0.1, 0.15) is 0 Å². The van der Waals surface area contributed by atoms with Crippen molar-refractivity contribution in [1.29, 1.82) is 0 Å². The molecule has 0 bridgehead atoms. The summed E-state index contributed by atoms with van der Waals surface area (Å²) in [5.41, 5.74) is 7.75. The fourth-order valence-corrected chi connectivity index (χ4v) is 2.16. The molecule has 0 spiro atoms. The lowest BCUT2D eigenvalue weighted by Crippen LogP contribution is -2.08. The minimum absolute atomic E-state index is 0.507. The zero-order chi connectivity index (χ0) is 12.5. The van der Waals surface area contributed by atoms with E-state index in [4.69, 9.17) is 17.3 Å². The van der Waals surface area contributed by atoms with E-state index in [0.29, 0.717) is 11.0 Å². The minimum atomic E-state index is 0.507. The molecule has 92 valence electrons. The van der Waals surface area contributed by atoms with Gasteiger partial charge in [-0.2, -0.15) is 0 Å². The summed E-state index contributed by atoms with van der Waals surface area (Å²) in [6.07, 6.45) is 5.47. The largest absolute Gasteiger partial charge is 0.369 e. The zero-order valence-electron chi connectivity index (χ0n) is 9.62. The molecule has 0 amide bonds. The number of hydrogen-bond donors (Lipinski definition) is 1. The quantitative estimate of drug-likeness (QED) is 0.786. The number of hydrogen-bond acceptors (Lipinski definition) is 3. The summed E-state index contributed by atoms with van der Waals surface area (Å²) in [7, 11) is 0. The number of nitrogens with zero attached hydrogens (tertiary/aromatic N) is 4. The number of aromatic nitrogens is 4. The van der Waals surface area contributed by atoms with Crippen molar-refractivity contribution in [2.75, 3.05) is 5.73 Å². The third kappa shape index (κ3) is 1.93. The first-order valence-corrected chi connectivity index (χ1v) is 5.99. The molecule has 6 heteroatoms. The number of nitrogen functional groups attached to an aromatic ring is 1. The number of halogens is 1. The van der Waals surface area contributed by atoms with Crippen molar-refractivity contribution in [2.45, 2.75) is 13.1 Å². The van der Waals surface area contributed by atoms with Crippen LogP contribution in [0.15, 0.2) is 36.9 Å². The molecule has 3 rings (SSSR count). The maximum Gasteiger partial charge on any atom is 0.201 e. The van der Waals surface area contributed by atoms with Gasteiger partial charge in [0.2, 0.25) is 5.95 Å². The highest BCUT2D eigenvalue weighted by molar-refractivity contribution is 6.31. The molecule has 0 aliphatic carbocycles. The summed E-state index contributed by atoms with van der Waals surface area (Å²) in [6.45, 7) is 1.55. The Balaban J connectivity index is 1.93. The van der Waals surface area contributed by atoms with Crippen LogP contribution in [0.1, 0.15) is 0 Å². The van der Waals surface area contributed by atoms with Crippen molar-refractivity contribution in [3.05, 3.63) is 41.9 Å². The topological polar surface area (TPSA) is 61.7 Å². The van der Waals surface area contributed by atoms with Crippen LogP contribution in [-0.4, -0.2) is 19.1 Å². The Bertz CT molecular complexity index is 671. The minimum Gasteiger partial charge on any atom is -0.369 e. The van der Waals surface area contributed by atoms with Crippen LogP contribution in [0.5, 0.6) is 0 Å². The predicted molar refractivity (Wildman–Crippen MR) is 71.4 cm³/mol. The van der Waals surface area contributed by atoms with Crippen molar-refractivity contribution in [1.82, 2.24) is 19.1 Å². The van der Waals surface area contributed by atoms with E-state index in [-0.39, 0.29) is 0 Å². The van der Waals surface area contributed by atoms with Crippen LogP contribution in [0, 0.1) is 0 Å². The molecule has 2 heterocycles. The molecule has 1 aromatic carbocycles. The molecular formula is C12H12ClN5. The number of anilines is 1. The van der Waals surface area contributed by atoms with Gasteiger partial charge in [0, 0.05) is 30.5 Å². The second kappa shape index (κ2) is 4.34. The Labute approximate surface area is 109 Å². The molecule has 18 heavy (non-hydrogen) atoms. The van der Waals surface area contributed by atoms with Gasteiger partial charge in [0.05, 0.1) is 17.4 Å². The molecule has 0 unspecified atom stereocenters. The Kier molecular flexibility index (Phi) is 2.68. The second-order valence-electron chi connectivity index (χ2n) is 4.06. The van der Waals surface area contributed by atoms with E-state index < -0.39 is 0 Å². The van der Waals surface area contributed by atoms with Gasteiger partial charge >= 0.3 is 0 Å². The Hall–Kier alpha value is -2.01. The lowest BCUT2D eigenvalue weighted by Gasteiger charge is -2.06. The van der Waals surface area contributed by atoms with Gasteiger partial charge in [0.25, 0.3) is 0 Å². The predicted octanol–water partition coefficient (Wildman–Crippen LogP) is 2.17. The van der Waals surface area contributed by atoms with Gasteiger partial charge in [-0.15, -0.1) is 0 Å². The number of fused-ring (bicyclic) bond motifs is 1. The Morgan fingerprint density at radius 3 is 2.94 bits per heavy atom. The summed E-state index contributed by atoms with van der Waals surface area (Å²) in [5, 5.41) is 0.668. The third-order valence-corrected chi connectivity index (χ3v) is 3.12. The molecule has 0 saturated heterocycles. The van der Waals surface area contributed by atoms with Crippen molar-refractivity contribution < 1.29 is 0 Å². The summed E-state index contributed by atoms with van der Waals surface area (Å²) in [4.78, 5) is 8.31. The number of rotatable bonds is 3. The first-order chi connectivity index (χ1) is 8.74. The Morgan fingerprint density at radius 2 is 2.17 bits per heavy atom. The number of aryl methyl sites for hydroxylation is 2. The molecule has 0 aliphatic heterocycles. The van der Waals surface area contributed by atoms with E-state index in [2.05, 4.69) is 9.97 Å². The maximum absolute atomic E-state index is 5.94. The van der Waals surface area contributed by atoms with Crippen molar-refractivity contribution in [2.24, 2.45) is 0 Å². The lowest BCUT2D eigenvalue weighted by atomic mass is 10.3. The van der Waals surface area contributed by atoms with Crippen molar-refractivity contribution >= 4 is 28.6 Å². The summed E-state index contributed by atoms with van der Waals surface area (Å²) >= 11 is 5.94. The van der Waals surface area contributed by atoms with Gasteiger partial charge in [-0.1, -0.05) is 11.6 Å². The molecule has 2 N–H and O–H groups in total. The van der Waals surface area contributed by atoms with Gasteiger partial charge in [-0.05, 0) is 18.2 Å². The first kappa shape index (κ1) is 11.1. The van der Waals surface area contributed by atoms with E-state index in [1.54, 1.807) is 12.5 Å². The van der Waals surface area contributed by atoms with Crippen LogP contribution < -0.4 is 5.73 Å². The smallest absolute Gasteiger partial charge is 0.201 e. The molecule has 3 aromatic rings. The van der Waals surface area contributed by atoms with E-state index in [9.17, 15) is 0 Å². The van der Waals surface area contributed by atoms with Crippen LogP contribution in [-0.2, 0) is 13.1 Å². The standard InChI is InChI=1S/C12H12ClN5/c13-9-1-2-11-10(7-9)16-12(14)18(11)6-5-17-4-3-15-8-17/h1-4,7-8H,5-6H2,(H2,14,16). The number of nitrogens with two attached hydrogens (primary N) is 1. The molecule has 2 aromatic heterocycles. The molecule has 5 nitrogen and oxygen atoms in total. The molecular weight excluding hydrogens is 250 g/mol. The van der Waals surface area contributed by atoms with E-state index in [0.717, 1.165) is 24.1 Å². The maximum atomic E-state index is 5.94. The van der Waals surface area contributed by atoms with Crippen molar-refractivity contribution in [3.63, 3.8) is 0 Å². The fraction of sp³-hybridized carbons (Fsp3) is 0.167. The molecule has 0 atom stereocenters. The van der Waals surface area contributed by atoms with Crippen LogP contribution in [0.2, 0.25) is 5.02 Å². The molecule has 0 fully saturated rings. The highest BCUT2D eigenvalue weighted by Gasteiger charge is 2.08. The van der Waals surface area contributed by atoms with E-state index in [1.165, 1.54) is 0 Å². The summed E-state index contributed by atoms with van der Waals surface area (Å²) in [6, 6.07) is 5.61. The molecule has 0 radical (unpaired) electrons. The number of imidazole rings is 2. The van der Waals surface area contributed by atoms with Crippen LogP contribution >= 0.6 is 11.6 Å². The van der Waals surface area contributed by atoms with Crippen molar-refractivity contribution in [3.8, 4) is 0 Å². The average molecular weight is 262 g/mol. The highest BCUT2D eigenvalue weighted by Crippen LogP contribution is 2.21. The summed E-state index contributed by atoms with van der Waals surface area (Å²) < 4.78 is 3.98. The van der Waals surface area contributed by atoms with Crippen LogP contribution in [0.25, 0.3) is 11.0 Å². The normalized spacial score (nSPS) is 11.2. The fourth-order valence-electron chi connectivity index (χ4n) is 1.99. The zero-order valence-corrected chi connectivity index (χ0v) is 10.4. The third-order valence-electron chi connectivity index (χ3n) is 2.88. The van der Waals surface area contributed by atoms with Gasteiger partial charge in [-0.25, -0.2) is 9.97 Å². The SMILES string of the molecule is Nc1nc2cc(Cl)ccc2n1CCn1ccnc1. The number of benzene rings is 1. The van der Waals surface area contributed by atoms with Gasteiger partial charge in [-0.3, -0.25) is 0 Å². The van der Waals surface area contributed by atoms with Gasteiger partial charge < -0.3 is 14.9 Å². The van der Waals surface area contributed by atoms with Crippen LogP contribution in [0.4, 0.5) is 5.95 Å². The lowest BCUT2D eigenvalue weighted by molar-refractivity contribution is 0.594. The monoisotopic (exact) mass is 261 g/mol. The van der Waals surface area contributed by atoms with E-state index in [1.807, 2.05) is 33.5 Å². The molecule has 0 saturated carbocycles. The van der Waals surface area contributed by atoms with E-state index >= 15 is 0 Å². The second-order valence-corrected chi connectivity index (χ2v) is 4.49. The first-order valence-electron chi connectivity index (χ1n) is 5.61.